The van der Waals surface area contributed by atoms with E-state index in [1.165, 1.54) is 11.1 Å². The maximum absolute atomic E-state index is 9.90. The second kappa shape index (κ2) is 11.0. The van der Waals surface area contributed by atoms with Gasteiger partial charge in [0.25, 0.3) is 0 Å². The van der Waals surface area contributed by atoms with Gasteiger partial charge in [-0.3, -0.25) is 9.59 Å². The maximum atomic E-state index is 9.90. The van der Waals surface area contributed by atoms with Crippen molar-refractivity contribution in [2.45, 2.75) is 38.0 Å². The molecule has 0 fully saturated rings. The molecule has 0 bridgehead atoms. The average Bonchev–Trinajstić information content (AvgIpc) is 2.74. The third-order valence-corrected chi connectivity index (χ3v) is 4.05. The lowest BCUT2D eigenvalue weighted by atomic mass is 9.95. The summed E-state index contributed by atoms with van der Waals surface area (Å²) in [5, 5.41) is 19.7. The summed E-state index contributed by atoms with van der Waals surface area (Å²) < 4.78 is 0. The van der Waals surface area contributed by atoms with Crippen LogP contribution in [0.5, 0.6) is 0 Å². The van der Waals surface area contributed by atoms with Crippen molar-refractivity contribution in [3.63, 3.8) is 0 Å². The fraction of sp³-hybridized carbons (Fsp3) is 0.529. The molecule has 1 aromatic carbocycles. The van der Waals surface area contributed by atoms with Crippen LogP contribution in [0.25, 0.3) is 0 Å². The van der Waals surface area contributed by atoms with Crippen LogP contribution in [0.3, 0.4) is 0 Å². The molecule has 1 aromatic rings. The summed E-state index contributed by atoms with van der Waals surface area (Å²) in [5.41, 5.74) is 2.89. The van der Waals surface area contributed by atoms with E-state index in [1.54, 1.807) is 0 Å². The van der Waals surface area contributed by atoms with E-state index >= 15 is 0 Å². The van der Waals surface area contributed by atoms with Gasteiger partial charge < -0.3 is 15.5 Å². The number of hydrogen-bond donors (Lipinski definition) is 3. The number of nitrogens with one attached hydrogen (secondary N) is 1. The number of rotatable bonds is 6. The molecular weight excluding hydrogens is 318 g/mol. The number of unbranched alkanes of at least 4 members (excludes halogenated alkanes) is 1. The van der Waals surface area contributed by atoms with Crippen molar-refractivity contribution in [2.24, 2.45) is 0 Å². The number of fused-ring (bicyclic) bond motifs is 1. The van der Waals surface area contributed by atoms with Crippen LogP contribution >= 0.6 is 11.6 Å². The zero-order valence-electron chi connectivity index (χ0n) is 13.1. The van der Waals surface area contributed by atoms with Crippen LogP contribution < -0.4 is 5.32 Å². The van der Waals surface area contributed by atoms with Gasteiger partial charge in [0.15, 0.2) is 0 Å². The normalized spacial score (nSPS) is 16.5. The predicted octanol–water partition coefficient (Wildman–Crippen LogP) is 2.87. The summed E-state index contributed by atoms with van der Waals surface area (Å²) in [6, 6.07) is 8.62. The van der Waals surface area contributed by atoms with Crippen molar-refractivity contribution < 1.29 is 19.8 Å². The maximum Gasteiger partial charge on any atom is 0.303 e. The summed E-state index contributed by atoms with van der Waals surface area (Å²) in [5.74, 6) is -0.541. The highest BCUT2D eigenvalue weighted by molar-refractivity contribution is 6.18. The molecule has 1 aliphatic heterocycles. The van der Waals surface area contributed by atoms with Crippen molar-refractivity contribution in [1.82, 2.24) is 5.32 Å². The first-order chi connectivity index (χ1) is 11.0. The molecular formula is C17H24ClNO4. The van der Waals surface area contributed by atoms with Gasteiger partial charge in [0.05, 0.1) is 0 Å². The Bertz CT molecular complexity index is 491. The molecule has 1 atom stereocenters. The van der Waals surface area contributed by atoms with E-state index in [2.05, 4.69) is 29.6 Å². The topological polar surface area (TPSA) is 86.6 Å². The van der Waals surface area contributed by atoms with Crippen molar-refractivity contribution in [3.8, 4) is 0 Å². The van der Waals surface area contributed by atoms with Gasteiger partial charge in [-0.2, -0.15) is 0 Å². The fourth-order valence-corrected chi connectivity index (χ4v) is 2.73. The van der Waals surface area contributed by atoms with Crippen LogP contribution in [-0.4, -0.2) is 41.1 Å². The summed E-state index contributed by atoms with van der Waals surface area (Å²) >= 11 is 5.94. The first kappa shape index (κ1) is 19.5. The molecule has 1 aliphatic rings. The number of carboxylic acid groups (broad SMARTS) is 2. The SMILES string of the molecule is ClCC1CNCCc2ccccc21.O=C(O)CCCCC(=O)O. The van der Waals surface area contributed by atoms with Crippen molar-refractivity contribution in [1.29, 1.82) is 0 Å². The van der Waals surface area contributed by atoms with Crippen LogP contribution in [0.15, 0.2) is 24.3 Å². The quantitative estimate of drug-likeness (QED) is 0.547. The average molecular weight is 342 g/mol. The smallest absolute Gasteiger partial charge is 0.303 e. The van der Waals surface area contributed by atoms with Gasteiger partial charge >= 0.3 is 11.9 Å². The zero-order valence-corrected chi connectivity index (χ0v) is 13.9. The Labute approximate surface area is 141 Å². The second-order valence-electron chi connectivity index (χ2n) is 5.50. The second-order valence-corrected chi connectivity index (χ2v) is 5.81. The van der Waals surface area contributed by atoms with E-state index in [-0.39, 0.29) is 12.8 Å². The first-order valence-corrected chi connectivity index (χ1v) is 8.36. The van der Waals surface area contributed by atoms with E-state index in [0.29, 0.717) is 24.6 Å². The minimum atomic E-state index is -0.870. The Morgan fingerprint density at radius 3 is 2.30 bits per heavy atom. The van der Waals surface area contributed by atoms with Gasteiger partial charge in [-0.1, -0.05) is 24.3 Å². The molecule has 23 heavy (non-hydrogen) atoms. The highest BCUT2D eigenvalue weighted by atomic mass is 35.5. The Hall–Kier alpha value is -1.59. The molecule has 2 rings (SSSR count). The first-order valence-electron chi connectivity index (χ1n) is 7.82. The van der Waals surface area contributed by atoms with Crippen LogP contribution in [0, 0.1) is 0 Å². The van der Waals surface area contributed by atoms with E-state index in [4.69, 9.17) is 21.8 Å². The van der Waals surface area contributed by atoms with Crippen molar-refractivity contribution in [3.05, 3.63) is 35.4 Å². The van der Waals surface area contributed by atoms with E-state index in [9.17, 15) is 9.59 Å². The molecule has 1 unspecified atom stereocenters. The molecule has 0 aliphatic carbocycles. The van der Waals surface area contributed by atoms with E-state index in [0.717, 1.165) is 19.5 Å². The molecule has 0 saturated carbocycles. The number of benzene rings is 1. The minimum absolute atomic E-state index is 0.0628. The summed E-state index contributed by atoms with van der Waals surface area (Å²) in [6.45, 7) is 2.09. The highest BCUT2D eigenvalue weighted by Gasteiger charge is 2.16. The summed E-state index contributed by atoms with van der Waals surface area (Å²) in [4.78, 5) is 19.8. The Morgan fingerprint density at radius 1 is 1.13 bits per heavy atom. The predicted molar refractivity (Wildman–Crippen MR) is 90.2 cm³/mol. The molecule has 5 nitrogen and oxygen atoms in total. The number of carboxylic acids is 2. The summed E-state index contributed by atoms with van der Waals surface area (Å²) in [7, 11) is 0. The molecule has 0 aromatic heterocycles. The molecule has 0 amide bonds. The third-order valence-electron chi connectivity index (χ3n) is 3.67. The number of halogens is 1. The largest absolute Gasteiger partial charge is 0.481 e. The van der Waals surface area contributed by atoms with Crippen LogP contribution in [0.2, 0.25) is 0 Å². The van der Waals surface area contributed by atoms with Gasteiger partial charge in [0.1, 0.15) is 0 Å². The minimum Gasteiger partial charge on any atom is -0.481 e. The van der Waals surface area contributed by atoms with Gasteiger partial charge in [-0.15, -0.1) is 11.6 Å². The molecule has 1 heterocycles. The summed E-state index contributed by atoms with van der Waals surface area (Å²) in [6.07, 6.45) is 2.15. The Morgan fingerprint density at radius 2 is 1.74 bits per heavy atom. The van der Waals surface area contributed by atoms with E-state index < -0.39 is 11.9 Å². The van der Waals surface area contributed by atoms with Gasteiger partial charge in [-0.25, -0.2) is 0 Å². The van der Waals surface area contributed by atoms with Gasteiger partial charge in [0, 0.05) is 31.2 Å². The standard InChI is InChI=1S/C11H14ClN.C6H10O4/c12-7-10-8-13-6-5-9-3-1-2-4-11(9)10;7-5(8)3-1-2-4-6(9)10/h1-4,10,13H,5-8H2;1-4H2,(H,7,8)(H,9,10). The molecule has 6 heteroatoms. The molecule has 3 N–H and O–H groups in total. The van der Waals surface area contributed by atoms with Crippen LogP contribution in [0.4, 0.5) is 0 Å². The third kappa shape index (κ3) is 8.00. The lowest BCUT2D eigenvalue weighted by Crippen LogP contribution is -2.20. The zero-order chi connectivity index (χ0) is 17.1. The van der Waals surface area contributed by atoms with Crippen LogP contribution in [0.1, 0.15) is 42.7 Å². The lowest BCUT2D eigenvalue weighted by molar-refractivity contribution is -0.139. The number of hydrogen-bond acceptors (Lipinski definition) is 3. The highest BCUT2D eigenvalue weighted by Crippen LogP contribution is 2.23. The number of alkyl halides is 1. The number of aliphatic carboxylic acids is 2. The molecule has 0 spiro atoms. The van der Waals surface area contributed by atoms with Crippen molar-refractivity contribution in [2.75, 3.05) is 19.0 Å². The van der Waals surface area contributed by atoms with Crippen LogP contribution in [-0.2, 0) is 16.0 Å². The van der Waals surface area contributed by atoms with E-state index in [1.807, 2.05) is 0 Å². The number of carbonyl (C=O) groups is 2. The lowest BCUT2D eigenvalue weighted by Gasteiger charge is -2.13. The Balaban J connectivity index is 0.000000241. The van der Waals surface area contributed by atoms with Gasteiger partial charge in [0.2, 0.25) is 0 Å². The molecule has 0 saturated heterocycles. The Kier molecular flexibility index (Phi) is 9.33. The van der Waals surface area contributed by atoms with Crippen molar-refractivity contribution >= 4 is 23.5 Å². The molecule has 0 radical (unpaired) electrons. The fourth-order valence-electron chi connectivity index (χ4n) is 2.46. The molecule has 128 valence electrons. The van der Waals surface area contributed by atoms with Gasteiger partial charge in [-0.05, 0) is 36.9 Å². The monoisotopic (exact) mass is 341 g/mol.